The summed E-state index contributed by atoms with van der Waals surface area (Å²) in [7, 11) is 3.01. The number of anilines is 1. The first kappa shape index (κ1) is 23.4. The molecule has 188 valence electrons. The minimum atomic E-state index is -0.728. The normalized spacial score (nSPS) is 15.4. The Labute approximate surface area is 217 Å². The number of nitrogens with zero attached hydrogens (tertiary/aromatic N) is 2. The average Bonchev–Trinajstić information content (AvgIpc) is 3.22. The second-order valence-electron chi connectivity index (χ2n) is 9.51. The van der Waals surface area contributed by atoms with E-state index in [0.717, 1.165) is 15.7 Å². The molecule has 2 aliphatic rings. The minimum Gasteiger partial charge on any atom is -0.423 e. The van der Waals surface area contributed by atoms with Crippen molar-refractivity contribution in [2.75, 3.05) is 5.32 Å². The summed E-state index contributed by atoms with van der Waals surface area (Å²) in [6, 6.07) is 21.1. The third-order valence-corrected chi connectivity index (χ3v) is 7.19. The number of nitrogens with one attached hydrogen (secondary N) is 1. The summed E-state index contributed by atoms with van der Waals surface area (Å²) < 4.78 is 7.98. The highest BCUT2D eigenvalue weighted by molar-refractivity contribution is 6.23. The van der Waals surface area contributed by atoms with E-state index in [9.17, 15) is 19.2 Å². The quantitative estimate of drug-likeness (QED) is 0.336. The molecule has 0 saturated carbocycles. The van der Waals surface area contributed by atoms with Gasteiger partial charge in [-0.15, -0.1) is 0 Å². The van der Waals surface area contributed by atoms with E-state index in [4.69, 9.17) is 4.74 Å². The zero-order chi connectivity index (χ0) is 26.7. The molecule has 8 nitrogen and oxygen atoms in total. The van der Waals surface area contributed by atoms with Crippen molar-refractivity contribution < 1.29 is 14.3 Å². The Balaban J connectivity index is 1.46. The van der Waals surface area contributed by atoms with Gasteiger partial charge in [0.25, 0.3) is 5.56 Å². The lowest BCUT2D eigenvalue weighted by Gasteiger charge is -2.29. The first-order valence-corrected chi connectivity index (χ1v) is 12.1. The van der Waals surface area contributed by atoms with Crippen LogP contribution in [0.1, 0.15) is 48.9 Å². The van der Waals surface area contributed by atoms with E-state index in [1.54, 1.807) is 55.6 Å². The monoisotopic (exact) mass is 505 g/mol. The summed E-state index contributed by atoms with van der Waals surface area (Å²) >= 11 is 0. The van der Waals surface area contributed by atoms with Gasteiger partial charge < -0.3 is 10.1 Å². The molecule has 1 N–H and O–H groups in total. The number of benzene rings is 3. The minimum absolute atomic E-state index is 0.176. The number of carbonyl (C=O) groups is 2. The summed E-state index contributed by atoms with van der Waals surface area (Å²) in [4.78, 5) is 52.4. The maximum Gasteiger partial charge on any atom is 0.343 e. The number of aromatic nitrogens is 2. The van der Waals surface area contributed by atoms with Gasteiger partial charge in [0, 0.05) is 36.7 Å². The van der Waals surface area contributed by atoms with E-state index >= 15 is 0 Å². The number of fused-ring (bicyclic) bond motifs is 3. The predicted octanol–water partition coefficient (Wildman–Crippen LogP) is 3.78. The molecule has 4 aromatic rings. The molecule has 2 heterocycles. The first-order chi connectivity index (χ1) is 18.3. The number of allylic oxidation sites excluding steroid dienone is 1. The van der Waals surface area contributed by atoms with Crippen LogP contribution in [0.2, 0.25) is 0 Å². The Morgan fingerprint density at radius 3 is 2.18 bits per heavy atom. The van der Waals surface area contributed by atoms with E-state index in [1.165, 1.54) is 11.6 Å². The molecular formula is C30H23N3O5. The number of ketones is 1. The Bertz CT molecular complexity index is 1810. The molecule has 0 bridgehead atoms. The topological polar surface area (TPSA) is 99.4 Å². The Morgan fingerprint density at radius 1 is 0.842 bits per heavy atom. The zero-order valence-electron chi connectivity index (χ0n) is 20.9. The third-order valence-electron chi connectivity index (χ3n) is 7.19. The lowest BCUT2D eigenvalue weighted by molar-refractivity contribution is 0.0734. The lowest BCUT2D eigenvalue weighted by Crippen LogP contribution is -2.42. The second-order valence-corrected chi connectivity index (χ2v) is 9.51. The van der Waals surface area contributed by atoms with Gasteiger partial charge in [-0.2, -0.15) is 0 Å². The summed E-state index contributed by atoms with van der Waals surface area (Å²) in [5, 5.41) is 3.22. The standard InChI is InChI=1S/C30H23N3O5/c1-16-8-10-18(11-9-16)29(36)38-19-14-12-17(13-15-19)22-23-25(20-6-4-5-7-21(20)26(23)34)31-27-24(22)28(35)33(3)30(37)32(27)2/h4-15,22,31H,1-3H3/t22-/m0/s1. The maximum atomic E-state index is 13.6. The number of aryl methyl sites for hydroxylation is 1. The van der Waals surface area contributed by atoms with Crippen LogP contribution in [0.3, 0.4) is 0 Å². The number of Topliss-reactive ketones (excluding diaryl/α,β-unsaturated/α-hetero) is 1. The van der Waals surface area contributed by atoms with Gasteiger partial charge in [0.1, 0.15) is 11.6 Å². The van der Waals surface area contributed by atoms with Crippen molar-refractivity contribution >= 4 is 23.3 Å². The van der Waals surface area contributed by atoms with Crippen LogP contribution < -0.4 is 21.3 Å². The summed E-state index contributed by atoms with van der Waals surface area (Å²) in [6.45, 7) is 1.94. The largest absolute Gasteiger partial charge is 0.423 e. The molecule has 0 amide bonds. The SMILES string of the molecule is Cc1ccc(C(=O)Oc2ccc([C@H]3C4=C(Nc5c3c(=O)n(C)c(=O)n5C)c3ccccc3C4=O)cc2)cc1. The molecule has 1 aliphatic carbocycles. The number of hydrogen-bond acceptors (Lipinski definition) is 6. The van der Waals surface area contributed by atoms with E-state index in [-0.39, 0.29) is 5.78 Å². The van der Waals surface area contributed by atoms with Crippen molar-refractivity contribution in [1.29, 1.82) is 0 Å². The van der Waals surface area contributed by atoms with Crippen molar-refractivity contribution in [3.8, 4) is 5.75 Å². The molecule has 0 unspecified atom stereocenters. The van der Waals surface area contributed by atoms with Gasteiger partial charge in [0.2, 0.25) is 0 Å². The van der Waals surface area contributed by atoms with Gasteiger partial charge in [-0.05, 0) is 36.8 Å². The van der Waals surface area contributed by atoms with Crippen molar-refractivity contribution in [2.24, 2.45) is 14.1 Å². The van der Waals surface area contributed by atoms with Gasteiger partial charge in [-0.1, -0.05) is 54.1 Å². The van der Waals surface area contributed by atoms with E-state index in [2.05, 4.69) is 5.32 Å². The third kappa shape index (κ3) is 3.45. The van der Waals surface area contributed by atoms with Crippen LogP contribution >= 0.6 is 0 Å². The lowest BCUT2D eigenvalue weighted by atomic mass is 9.81. The molecule has 6 rings (SSSR count). The number of carbonyl (C=O) groups excluding carboxylic acids is 2. The Kier molecular flexibility index (Phi) is 5.27. The van der Waals surface area contributed by atoms with Crippen LogP contribution in [0.4, 0.5) is 5.82 Å². The van der Waals surface area contributed by atoms with Crippen LogP contribution in [0, 0.1) is 6.92 Å². The van der Waals surface area contributed by atoms with Crippen molar-refractivity contribution in [3.63, 3.8) is 0 Å². The fourth-order valence-electron chi connectivity index (χ4n) is 5.17. The molecule has 0 radical (unpaired) electrons. The molecule has 3 aromatic carbocycles. The fraction of sp³-hybridized carbons (Fsp3) is 0.133. The molecule has 0 fully saturated rings. The zero-order valence-corrected chi connectivity index (χ0v) is 20.9. The highest BCUT2D eigenvalue weighted by Gasteiger charge is 2.42. The van der Waals surface area contributed by atoms with Crippen molar-refractivity contribution in [3.05, 3.63) is 133 Å². The molecule has 38 heavy (non-hydrogen) atoms. The molecule has 1 aliphatic heterocycles. The number of esters is 1. The smallest absolute Gasteiger partial charge is 0.343 e. The molecule has 1 aromatic heterocycles. The van der Waals surface area contributed by atoms with Crippen LogP contribution in [-0.4, -0.2) is 20.9 Å². The summed E-state index contributed by atoms with van der Waals surface area (Å²) in [5.74, 6) is -0.711. The molecule has 0 spiro atoms. The molecular weight excluding hydrogens is 482 g/mol. The molecule has 8 heteroatoms. The molecule has 0 saturated heterocycles. The van der Waals surface area contributed by atoms with Crippen LogP contribution in [0.5, 0.6) is 5.75 Å². The highest BCUT2D eigenvalue weighted by atomic mass is 16.5. The first-order valence-electron chi connectivity index (χ1n) is 12.1. The van der Waals surface area contributed by atoms with Crippen molar-refractivity contribution in [2.45, 2.75) is 12.8 Å². The van der Waals surface area contributed by atoms with Crippen LogP contribution in [0.25, 0.3) is 5.70 Å². The number of rotatable bonds is 3. The maximum absolute atomic E-state index is 13.6. The summed E-state index contributed by atoms with van der Waals surface area (Å²) in [6.07, 6.45) is 0. The fourth-order valence-corrected chi connectivity index (χ4v) is 5.17. The van der Waals surface area contributed by atoms with Gasteiger partial charge in [0.05, 0.1) is 16.8 Å². The predicted molar refractivity (Wildman–Crippen MR) is 143 cm³/mol. The Hall–Kier alpha value is -4.98. The van der Waals surface area contributed by atoms with E-state index in [0.29, 0.717) is 45.1 Å². The van der Waals surface area contributed by atoms with Crippen LogP contribution in [0.15, 0.2) is 88.0 Å². The molecule has 1 atom stereocenters. The second kappa shape index (κ2) is 8.55. The van der Waals surface area contributed by atoms with Gasteiger partial charge in [0.15, 0.2) is 5.78 Å². The van der Waals surface area contributed by atoms with Gasteiger partial charge in [-0.25, -0.2) is 9.59 Å². The summed E-state index contributed by atoms with van der Waals surface area (Å²) in [5.41, 5.74) is 3.76. The average molecular weight is 506 g/mol. The highest BCUT2D eigenvalue weighted by Crippen LogP contribution is 2.47. The van der Waals surface area contributed by atoms with Crippen LogP contribution in [-0.2, 0) is 14.1 Å². The van der Waals surface area contributed by atoms with Gasteiger partial charge >= 0.3 is 11.7 Å². The van der Waals surface area contributed by atoms with Crippen molar-refractivity contribution in [1.82, 2.24) is 9.13 Å². The van der Waals surface area contributed by atoms with E-state index in [1.807, 2.05) is 31.2 Å². The van der Waals surface area contributed by atoms with Gasteiger partial charge in [-0.3, -0.25) is 18.7 Å². The number of hydrogen-bond donors (Lipinski definition) is 1. The Morgan fingerprint density at radius 2 is 1.50 bits per heavy atom. The number of ether oxygens (including phenoxy) is 1. The van der Waals surface area contributed by atoms with E-state index < -0.39 is 23.1 Å².